The molecule has 0 aliphatic carbocycles. The molecule has 164 valence electrons. The van der Waals surface area contributed by atoms with Crippen molar-refractivity contribution >= 4 is 40.7 Å². The number of carbonyl (C=O) groups excluding carboxylic acids is 3. The Labute approximate surface area is 182 Å². The number of rotatable bonds is 6. The van der Waals surface area contributed by atoms with Crippen molar-refractivity contribution in [1.82, 2.24) is 19.5 Å². The Bertz CT molecular complexity index is 1060. The molecule has 0 bridgehead atoms. The van der Waals surface area contributed by atoms with Crippen molar-refractivity contribution in [2.45, 2.75) is 51.7 Å². The van der Waals surface area contributed by atoms with Crippen LogP contribution in [-0.4, -0.2) is 62.3 Å². The maximum absolute atomic E-state index is 11.8. The zero-order valence-corrected chi connectivity index (χ0v) is 17.7. The average Bonchev–Trinajstić information content (AvgIpc) is 3.22. The van der Waals surface area contributed by atoms with Gasteiger partial charge >= 0.3 is 17.9 Å². The van der Waals surface area contributed by atoms with Crippen molar-refractivity contribution in [2.24, 2.45) is 0 Å². The van der Waals surface area contributed by atoms with Crippen LogP contribution in [0.5, 0.6) is 0 Å². The van der Waals surface area contributed by atoms with Gasteiger partial charge < -0.3 is 18.9 Å². The lowest BCUT2D eigenvalue weighted by atomic mass is 10.1. The lowest BCUT2D eigenvalue weighted by Gasteiger charge is -2.23. The van der Waals surface area contributed by atoms with Crippen molar-refractivity contribution in [3.8, 4) is 12.3 Å². The van der Waals surface area contributed by atoms with E-state index in [-0.39, 0.29) is 35.2 Å². The minimum absolute atomic E-state index is 0.0871. The van der Waals surface area contributed by atoms with Crippen LogP contribution in [0.15, 0.2) is 6.33 Å². The first-order chi connectivity index (χ1) is 14.7. The van der Waals surface area contributed by atoms with E-state index in [9.17, 15) is 14.4 Å². The van der Waals surface area contributed by atoms with Crippen LogP contribution in [0.2, 0.25) is 5.15 Å². The molecular weight excluding hydrogens is 432 g/mol. The highest BCUT2D eigenvalue weighted by atomic mass is 35.5. The first kappa shape index (κ1) is 22.5. The molecule has 2 aromatic rings. The van der Waals surface area contributed by atoms with Gasteiger partial charge in [0, 0.05) is 20.8 Å². The van der Waals surface area contributed by atoms with Gasteiger partial charge in [-0.25, -0.2) is 15.0 Å². The van der Waals surface area contributed by atoms with Crippen molar-refractivity contribution in [1.29, 1.82) is 0 Å². The highest BCUT2D eigenvalue weighted by Gasteiger charge is 2.51. The summed E-state index contributed by atoms with van der Waals surface area (Å²) in [5.41, 5.74) is 0.558. The maximum Gasteiger partial charge on any atom is 0.303 e. The maximum atomic E-state index is 11.8. The Morgan fingerprint density at radius 2 is 1.84 bits per heavy atom. The molecule has 12 heteroatoms. The van der Waals surface area contributed by atoms with Crippen LogP contribution in [-0.2, 0) is 39.8 Å². The Hall–Kier alpha value is -3.23. The van der Waals surface area contributed by atoms with Gasteiger partial charge in [-0.3, -0.25) is 19.0 Å². The van der Waals surface area contributed by atoms with Gasteiger partial charge in [0.1, 0.15) is 24.1 Å². The summed E-state index contributed by atoms with van der Waals surface area (Å²) in [6, 6.07) is 0. The van der Waals surface area contributed by atoms with Crippen LogP contribution in [0.25, 0.3) is 11.2 Å². The van der Waals surface area contributed by atoms with Crippen LogP contribution >= 0.6 is 11.6 Å². The minimum Gasteiger partial charge on any atom is -0.463 e. The molecule has 0 unspecified atom stereocenters. The number of nitrogens with zero attached hydrogens (tertiary/aromatic N) is 4. The largest absolute Gasteiger partial charge is 0.463 e. The van der Waals surface area contributed by atoms with Gasteiger partial charge in [-0.2, -0.15) is 0 Å². The van der Waals surface area contributed by atoms with Gasteiger partial charge in [-0.15, -0.1) is 6.42 Å². The Morgan fingerprint density at radius 3 is 2.45 bits per heavy atom. The van der Waals surface area contributed by atoms with Crippen LogP contribution < -0.4 is 0 Å². The molecule has 2 aromatic heterocycles. The molecule has 0 spiro atoms. The van der Waals surface area contributed by atoms with Crippen molar-refractivity contribution in [2.75, 3.05) is 6.61 Å². The summed E-state index contributed by atoms with van der Waals surface area (Å²) in [6.07, 6.45) is 2.79. The quantitative estimate of drug-likeness (QED) is 0.271. The fourth-order valence-corrected chi connectivity index (χ4v) is 3.43. The zero-order chi connectivity index (χ0) is 22.7. The molecule has 0 aromatic carbocycles. The summed E-state index contributed by atoms with van der Waals surface area (Å²) in [5.74, 6) is 0.913. The number of halogens is 1. The standard InChI is InChI=1S/C19H19ClN4O7/c1-5-6-13-22-17(20)14-18(23-13)24(8-21-14)19-16(30-11(4)27)15(29-10(3)26)12(31-19)7-28-9(2)25/h1,8,12,15-16,19H,6-7H2,2-4H3/t12-,15-,16-,19-/m1/s1. The van der Waals surface area contributed by atoms with Crippen molar-refractivity contribution < 1.29 is 33.3 Å². The van der Waals surface area contributed by atoms with E-state index in [0.29, 0.717) is 0 Å². The molecule has 3 heterocycles. The number of fused-ring (bicyclic) bond motifs is 1. The second-order valence-electron chi connectivity index (χ2n) is 6.65. The van der Waals surface area contributed by atoms with E-state index in [1.807, 2.05) is 0 Å². The summed E-state index contributed by atoms with van der Waals surface area (Å²) in [4.78, 5) is 47.4. The third-order valence-electron chi connectivity index (χ3n) is 4.30. The van der Waals surface area contributed by atoms with E-state index < -0.39 is 42.4 Å². The number of aromatic nitrogens is 4. The number of imidazole rings is 1. The second kappa shape index (κ2) is 9.28. The van der Waals surface area contributed by atoms with Gasteiger partial charge in [-0.05, 0) is 0 Å². The van der Waals surface area contributed by atoms with Gasteiger partial charge in [0.15, 0.2) is 29.2 Å². The van der Waals surface area contributed by atoms with Crippen LogP contribution in [0.3, 0.4) is 0 Å². The summed E-state index contributed by atoms with van der Waals surface area (Å²) < 4.78 is 23.2. The topological polar surface area (TPSA) is 132 Å². The van der Waals surface area contributed by atoms with Crippen LogP contribution in [0.4, 0.5) is 0 Å². The lowest BCUT2D eigenvalue weighted by molar-refractivity contribution is -0.166. The summed E-state index contributed by atoms with van der Waals surface area (Å²) >= 11 is 6.20. The molecule has 0 saturated carbocycles. The molecule has 0 radical (unpaired) electrons. The molecule has 3 rings (SSSR count). The summed E-state index contributed by atoms with van der Waals surface area (Å²) in [5, 5.41) is 0.0871. The van der Waals surface area contributed by atoms with E-state index in [1.54, 1.807) is 0 Å². The van der Waals surface area contributed by atoms with Gasteiger partial charge in [0.2, 0.25) is 0 Å². The highest BCUT2D eigenvalue weighted by molar-refractivity contribution is 6.33. The molecule has 0 N–H and O–H groups in total. The van der Waals surface area contributed by atoms with Gasteiger partial charge in [0.25, 0.3) is 0 Å². The Morgan fingerprint density at radius 1 is 1.16 bits per heavy atom. The monoisotopic (exact) mass is 450 g/mol. The Kier molecular flexibility index (Phi) is 6.72. The van der Waals surface area contributed by atoms with Gasteiger partial charge in [-0.1, -0.05) is 17.5 Å². The van der Waals surface area contributed by atoms with Crippen LogP contribution in [0.1, 0.15) is 32.8 Å². The fraction of sp³-hybridized carbons (Fsp3) is 0.474. The van der Waals surface area contributed by atoms with Crippen molar-refractivity contribution in [3.63, 3.8) is 0 Å². The fourth-order valence-electron chi connectivity index (χ4n) is 3.20. The SMILES string of the molecule is C#CCc1nc(Cl)c2ncn([C@@H]3O[C@H](COC(C)=O)[C@@H](OC(C)=O)[C@H]3OC(C)=O)c2n1. The molecule has 0 amide bonds. The minimum atomic E-state index is -1.08. The van der Waals surface area contributed by atoms with Gasteiger partial charge in [0.05, 0.1) is 12.7 Å². The molecule has 11 nitrogen and oxygen atoms in total. The molecule has 31 heavy (non-hydrogen) atoms. The molecule has 4 atom stereocenters. The smallest absolute Gasteiger partial charge is 0.303 e. The molecule has 1 fully saturated rings. The summed E-state index contributed by atoms with van der Waals surface area (Å²) in [6.45, 7) is 3.41. The number of esters is 3. The lowest BCUT2D eigenvalue weighted by Crippen LogP contribution is -2.40. The number of hydrogen-bond donors (Lipinski definition) is 0. The summed E-state index contributed by atoms with van der Waals surface area (Å²) in [7, 11) is 0. The number of ether oxygens (including phenoxy) is 4. The zero-order valence-electron chi connectivity index (χ0n) is 16.9. The molecule has 1 aliphatic heterocycles. The predicted molar refractivity (Wildman–Crippen MR) is 105 cm³/mol. The normalized spacial score (nSPS) is 22.7. The first-order valence-electron chi connectivity index (χ1n) is 9.17. The van der Waals surface area contributed by atoms with E-state index in [1.165, 1.54) is 31.7 Å². The average molecular weight is 451 g/mol. The second-order valence-corrected chi connectivity index (χ2v) is 7.01. The van der Waals surface area contributed by atoms with Crippen molar-refractivity contribution in [3.05, 3.63) is 17.3 Å². The first-order valence-corrected chi connectivity index (χ1v) is 9.54. The molecule has 1 aliphatic rings. The van der Waals surface area contributed by atoms with E-state index >= 15 is 0 Å². The van der Waals surface area contributed by atoms with E-state index in [0.717, 1.165) is 0 Å². The van der Waals surface area contributed by atoms with E-state index in [4.69, 9.17) is 37.0 Å². The number of terminal acetylenes is 1. The predicted octanol–water partition coefficient (Wildman–Crippen LogP) is 0.979. The third-order valence-corrected chi connectivity index (χ3v) is 4.56. The number of carbonyl (C=O) groups is 3. The Balaban J connectivity index is 2.06. The third kappa shape index (κ3) is 4.92. The van der Waals surface area contributed by atoms with Crippen LogP contribution in [0, 0.1) is 12.3 Å². The molecule has 1 saturated heterocycles. The molecular formula is C19H19ClN4O7. The van der Waals surface area contributed by atoms with E-state index in [2.05, 4.69) is 20.9 Å². The highest BCUT2D eigenvalue weighted by Crippen LogP contribution is 2.36. The number of hydrogen-bond acceptors (Lipinski definition) is 10.